The zero-order valence-corrected chi connectivity index (χ0v) is 18.8. The summed E-state index contributed by atoms with van der Waals surface area (Å²) >= 11 is 0. The van der Waals surface area contributed by atoms with Crippen LogP contribution in [-0.4, -0.2) is 85.7 Å². The molecule has 4 N–H and O–H groups in total. The molecule has 0 radical (unpaired) electrons. The number of nitrogens with zero attached hydrogens (tertiary/aromatic N) is 4. The molecule has 1 saturated heterocycles. The fourth-order valence-corrected chi connectivity index (χ4v) is 3.79. The van der Waals surface area contributed by atoms with E-state index in [1.165, 1.54) is 18.7 Å². The first-order valence-corrected chi connectivity index (χ1v) is 11.3. The number of morpholine rings is 1. The van der Waals surface area contributed by atoms with E-state index in [1.54, 1.807) is 0 Å². The smallest absolute Gasteiger partial charge is 0.360 e. The second-order valence-corrected chi connectivity index (χ2v) is 8.56. The molecule has 3 heterocycles. The molecule has 2 amide bonds. The summed E-state index contributed by atoms with van der Waals surface area (Å²) < 4.78 is 5.42. The predicted molar refractivity (Wildman–Crippen MR) is 121 cm³/mol. The number of aliphatic hydroxyl groups excluding tert-OH is 1. The highest BCUT2D eigenvalue weighted by molar-refractivity contribution is 5.94. The number of fused-ring (bicyclic) bond motifs is 1. The van der Waals surface area contributed by atoms with Crippen LogP contribution in [0.25, 0.3) is 22.6 Å². The number of imidazole rings is 1. The molecule has 0 spiro atoms. The van der Waals surface area contributed by atoms with Gasteiger partial charge in [-0.05, 0) is 37.5 Å². The van der Waals surface area contributed by atoms with E-state index in [1.807, 2.05) is 6.07 Å². The van der Waals surface area contributed by atoms with Crippen molar-refractivity contribution in [3.8, 4) is 11.5 Å². The van der Waals surface area contributed by atoms with Gasteiger partial charge in [0.25, 0.3) is 0 Å². The topological polar surface area (TPSA) is 149 Å². The number of aliphatic hydroxyl groups is 1. The SMILES string of the molecule is C[C@H](O)C(=O)ON(C(=O)Nc1cn[nH]c1-c1nc2ccc(CN3CCOCC3)cc2[nH]1)C1CC1. The van der Waals surface area contributed by atoms with Gasteiger partial charge < -0.3 is 25.0 Å². The van der Waals surface area contributed by atoms with Crippen molar-refractivity contribution >= 4 is 28.7 Å². The molecular formula is C22H27N7O5. The molecule has 5 rings (SSSR count). The number of aromatic nitrogens is 4. The first-order chi connectivity index (χ1) is 16.5. The lowest BCUT2D eigenvalue weighted by Crippen LogP contribution is -2.40. The Hall–Kier alpha value is -3.48. The number of urea groups is 1. The van der Waals surface area contributed by atoms with Gasteiger partial charge in [-0.2, -0.15) is 10.2 Å². The summed E-state index contributed by atoms with van der Waals surface area (Å²) in [5, 5.41) is 20.0. The van der Waals surface area contributed by atoms with E-state index in [-0.39, 0.29) is 6.04 Å². The van der Waals surface area contributed by atoms with Crippen LogP contribution in [0.1, 0.15) is 25.3 Å². The van der Waals surface area contributed by atoms with Crippen LogP contribution in [0.2, 0.25) is 0 Å². The van der Waals surface area contributed by atoms with E-state index in [2.05, 4.69) is 42.5 Å². The molecule has 180 valence electrons. The summed E-state index contributed by atoms with van der Waals surface area (Å²) in [7, 11) is 0. The molecule has 2 aromatic heterocycles. The number of aromatic amines is 2. The fourth-order valence-electron chi connectivity index (χ4n) is 3.79. The Bertz CT molecular complexity index is 1180. The molecule has 12 nitrogen and oxygen atoms in total. The molecule has 1 atom stereocenters. The second-order valence-electron chi connectivity index (χ2n) is 8.56. The average Bonchev–Trinajstić information content (AvgIpc) is 3.41. The molecule has 2 aliphatic rings. The van der Waals surface area contributed by atoms with E-state index in [9.17, 15) is 14.7 Å². The largest absolute Gasteiger partial charge is 0.382 e. The Labute approximate surface area is 195 Å². The highest BCUT2D eigenvalue weighted by Crippen LogP contribution is 2.30. The van der Waals surface area contributed by atoms with E-state index >= 15 is 0 Å². The number of H-pyrrole nitrogens is 2. The van der Waals surface area contributed by atoms with E-state index < -0.39 is 18.1 Å². The third kappa shape index (κ3) is 4.88. The van der Waals surface area contributed by atoms with Crippen molar-refractivity contribution in [3.63, 3.8) is 0 Å². The van der Waals surface area contributed by atoms with Gasteiger partial charge in [0.2, 0.25) is 0 Å². The quantitative estimate of drug-likeness (QED) is 0.398. The molecule has 1 aliphatic heterocycles. The second kappa shape index (κ2) is 9.41. The highest BCUT2D eigenvalue weighted by Gasteiger charge is 2.37. The van der Waals surface area contributed by atoms with Crippen LogP contribution in [0.5, 0.6) is 0 Å². The molecule has 3 aromatic rings. The van der Waals surface area contributed by atoms with Crippen LogP contribution in [0.15, 0.2) is 24.4 Å². The zero-order valence-electron chi connectivity index (χ0n) is 18.8. The molecule has 0 bridgehead atoms. The maximum Gasteiger partial charge on any atom is 0.360 e. The Morgan fingerprint density at radius 3 is 2.88 bits per heavy atom. The van der Waals surface area contributed by atoms with Crippen LogP contribution in [0, 0.1) is 0 Å². The summed E-state index contributed by atoms with van der Waals surface area (Å²) in [6, 6.07) is 5.25. The summed E-state index contributed by atoms with van der Waals surface area (Å²) in [6.45, 7) is 5.44. The van der Waals surface area contributed by atoms with Crippen molar-refractivity contribution in [1.82, 2.24) is 30.1 Å². The zero-order chi connectivity index (χ0) is 23.7. The Kier molecular flexibility index (Phi) is 6.18. The van der Waals surface area contributed by atoms with Gasteiger partial charge in [-0.25, -0.2) is 14.6 Å². The third-order valence-electron chi connectivity index (χ3n) is 5.78. The minimum absolute atomic E-state index is 0.214. The van der Waals surface area contributed by atoms with Crippen LogP contribution in [0.3, 0.4) is 0 Å². The lowest BCUT2D eigenvalue weighted by atomic mass is 10.2. The molecular weight excluding hydrogens is 442 g/mol. The van der Waals surface area contributed by atoms with E-state index in [0.717, 1.165) is 61.8 Å². The minimum atomic E-state index is -1.33. The fraction of sp³-hybridized carbons (Fsp3) is 0.455. The first kappa shape index (κ1) is 22.3. The van der Waals surface area contributed by atoms with Crippen LogP contribution in [-0.2, 0) is 20.9 Å². The third-order valence-corrected chi connectivity index (χ3v) is 5.78. The van der Waals surface area contributed by atoms with Gasteiger partial charge in [-0.1, -0.05) is 6.07 Å². The normalized spacial score (nSPS) is 17.5. The lowest BCUT2D eigenvalue weighted by molar-refractivity contribution is -0.186. The average molecular weight is 470 g/mol. The van der Waals surface area contributed by atoms with Crippen molar-refractivity contribution in [3.05, 3.63) is 30.0 Å². The summed E-state index contributed by atoms with van der Waals surface area (Å²) in [6.07, 6.45) is 1.57. The standard InChI is InChI=1S/C22H27N7O5/c1-13(30)21(31)34-29(15-3-4-15)22(32)26-18-11-23-27-19(18)20-24-16-5-2-14(10-17(16)25-20)12-28-6-8-33-9-7-28/h2,5,10-11,13,15,30H,3-4,6-9,12H2,1H3,(H,23,27)(H,24,25)(H,26,32)/t13-/m0/s1. The number of carbonyl (C=O) groups is 2. The minimum Gasteiger partial charge on any atom is -0.382 e. The van der Waals surface area contributed by atoms with Crippen molar-refractivity contribution < 1.29 is 24.3 Å². The number of hydrogen-bond donors (Lipinski definition) is 4. The van der Waals surface area contributed by atoms with Gasteiger partial charge in [0, 0.05) is 19.6 Å². The van der Waals surface area contributed by atoms with Crippen molar-refractivity contribution in [2.24, 2.45) is 0 Å². The highest BCUT2D eigenvalue weighted by atomic mass is 16.7. The maximum atomic E-state index is 12.8. The molecule has 1 saturated carbocycles. The molecule has 2 fully saturated rings. The molecule has 1 aliphatic carbocycles. The van der Waals surface area contributed by atoms with Gasteiger partial charge in [0.15, 0.2) is 11.9 Å². The predicted octanol–water partition coefficient (Wildman–Crippen LogP) is 1.62. The number of nitrogens with one attached hydrogen (secondary N) is 3. The van der Waals surface area contributed by atoms with E-state index in [4.69, 9.17) is 9.57 Å². The van der Waals surface area contributed by atoms with Gasteiger partial charge in [0.05, 0.1) is 42.2 Å². The number of carbonyl (C=O) groups excluding carboxylic acids is 2. The summed E-state index contributed by atoms with van der Waals surface area (Å²) in [4.78, 5) is 40.0. The van der Waals surface area contributed by atoms with Gasteiger partial charge in [-0.3, -0.25) is 10.00 Å². The van der Waals surface area contributed by atoms with Crippen molar-refractivity contribution in [1.29, 1.82) is 0 Å². The Morgan fingerprint density at radius 2 is 2.15 bits per heavy atom. The summed E-state index contributed by atoms with van der Waals surface area (Å²) in [5.41, 5.74) is 3.71. The first-order valence-electron chi connectivity index (χ1n) is 11.3. The van der Waals surface area contributed by atoms with Gasteiger partial charge >= 0.3 is 12.0 Å². The summed E-state index contributed by atoms with van der Waals surface area (Å²) in [5.74, 6) is -0.370. The van der Waals surface area contributed by atoms with Crippen molar-refractivity contribution in [2.75, 3.05) is 31.6 Å². The number of ether oxygens (including phenoxy) is 1. The number of hydrogen-bond acceptors (Lipinski definition) is 8. The molecule has 34 heavy (non-hydrogen) atoms. The monoisotopic (exact) mass is 469 g/mol. The maximum absolute atomic E-state index is 12.8. The van der Waals surface area contributed by atoms with Gasteiger partial charge in [0.1, 0.15) is 5.69 Å². The van der Waals surface area contributed by atoms with Gasteiger partial charge in [-0.15, -0.1) is 0 Å². The van der Waals surface area contributed by atoms with Crippen molar-refractivity contribution in [2.45, 2.75) is 38.5 Å². The Balaban J connectivity index is 1.32. The number of benzene rings is 1. The lowest BCUT2D eigenvalue weighted by Gasteiger charge is -2.26. The molecule has 1 aromatic carbocycles. The number of anilines is 1. The molecule has 0 unspecified atom stereocenters. The number of hydroxylamine groups is 2. The van der Waals surface area contributed by atoms with Crippen LogP contribution >= 0.6 is 0 Å². The van der Waals surface area contributed by atoms with Crippen LogP contribution in [0.4, 0.5) is 10.5 Å². The molecule has 12 heteroatoms. The van der Waals surface area contributed by atoms with Crippen LogP contribution < -0.4 is 5.32 Å². The Morgan fingerprint density at radius 1 is 1.35 bits per heavy atom. The number of rotatable bonds is 6. The number of amides is 2. The van der Waals surface area contributed by atoms with E-state index in [0.29, 0.717) is 17.2 Å².